The lowest BCUT2D eigenvalue weighted by molar-refractivity contribution is -0.118. The van der Waals surface area contributed by atoms with Gasteiger partial charge in [-0.05, 0) is 51.9 Å². The molecule has 1 aliphatic rings. The molecule has 1 heterocycles. The van der Waals surface area contributed by atoms with Gasteiger partial charge in [0.1, 0.15) is 5.82 Å². The van der Waals surface area contributed by atoms with Crippen LogP contribution in [0.25, 0.3) is 21.5 Å². The van der Waals surface area contributed by atoms with Gasteiger partial charge in [-0.25, -0.2) is 4.39 Å². The first-order valence-electron chi connectivity index (χ1n) is 10.4. The predicted octanol–water partition coefficient (Wildman–Crippen LogP) is 5.33. The number of amides is 1. The van der Waals surface area contributed by atoms with Gasteiger partial charge in [0.25, 0.3) is 0 Å². The van der Waals surface area contributed by atoms with Gasteiger partial charge in [-0.15, -0.1) is 5.10 Å². The maximum Gasteiger partial charge on any atom is 0.240 e. The third kappa shape index (κ3) is 4.40. The number of rotatable bonds is 5. The third-order valence-corrected chi connectivity index (χ3v) is 6.53. The quantitative estimate of drug-likeness (QED) is 0.191. The molecule has 1 fully saturated rings. The van der Waals surface area contributed by atoms with Crippen molar-refractivity contribution in [2.75, 3.05) is 0 Å². The first-order chi connectivity index (χ1) is 16.1. The van der Waals surface area contributed by atoms with Gasteiger partial charge in [-0.3, -0.25) is 9.59 Å². The van der Waals surface area contributed by atoms with Gasteiger partial charge < -0.3 is 5.32 Å². The van der Waals surface area contributed by atoms with Crippen LogP contribution in [0.4, 0.5) is 4.39 Å². The van der Waals surface area contributed by atoms with Gasteiger partial charge in [-0.1, -0.05) is 60.3 Å². The van der Waals surface area contributed by atoms with Crippen LogP contribution in [0.2, 0.25) is 0 Å². The summed E-state index contributed by atoms with van der Waals surface area (Å²) >= 11 is 1.17. The molecule has 162 valence electrons. The van der Waals surface area contributed by atoms with Crippen LogP contribution < -0.4 is 5.32 Å². The van der Waals surface area contributed by atoms with Gasteiger partial charge >= 0.3 is 0 Å². The van der Waals surface area contributed by atoms with Gasteiger partial charge in [0.2, 0.25) is 5.91 Å². The van der Waals surface area contributed by atoms with Crippen LogP contribution in [-0.2, 0) is 4.79 Å². The molecule has 5 rings (SSSR count). The molecule has 1 N–H and O–H groups in total. The number of nitrogens with one attached hydrogen (secondary N) is 1. The van der Waals surface area contributed by atoms with Gasteiger partial charge in [0.05, 0.1) is 11.5 Å². The van der Waals surface area contributed by atoms with Gasteiger partial charge in [0.15, 0.2) is 11.0 Å². The first-order valence-corrected chi connectivity index (χ1v) is 11.2. The number of nitrogens with zero attached hydrogens (tertiary/aromatic N) is 2. The standard InChI is InChI=1S/C26H18FN3O2S/c27-19-11-9-16(10-12-19)23(31)14-24-25(32)29-26(33-24)30-28-15-22-20-7-3-1-5-17(20)13-18-6-2-4-8-21(18)22/h1-13,15,24H,14H2,(H,29,30,32)/b28-15+. The molecule has 0 aromatic heterocycles. The van der Waals surface area contributed by atoms with Crippen LogP contribution in [0.15, 0.2) is 89.1 Å². The number of halogens is 1. The number of Topliss-reactive ketones (excluding diaryl/α,β-unsaturated/α-hetero) is 1. The lowest BCUT2D eigenvalue weighted by Crippen LogP contribution is -2.26. The Morgan fingerprint density at radius 2 is 1.61 bits per heavy atom. The summed E-state index contributed by atoms with van der Waals surface area (Å²) in [5.41, 5.74) is 1.32. The molecule has 5 nitrogen and oxygen atoms in total. The van der Waals surface area contributed by atoms with Crippen molar-refractivity contribution in [3.05, 3.63) is 95.8 Å². The van der Waals surface area contributed by atoms with Crippen LogP contribution in [0.5, 0.6) is 0 Å². The number of fused-ring (bicyclic) bond motifs is 2. The monoisotopic (exact) mass is 455 g/mol. The van der Waals surface area contributed by atoms with E-state index in [0.29, 0.717) is 10.7 Å². The van der Waals surface area contributed by atoms with E-state index in [1.807, 2.05) is 36.4 Å². The summed E-state index contributed by atoms with van der Waals surface area (Å²) in [7, 11) is 0. The summed E-state index contributed by atoms with van der Waals surface area (Å²) in [6, 6.07) is 23.6. The maximum atomic E-state index is 13.1. The van der Waals surface area contributed by atoms with Gasteiger partial charge in [0, 0.05) is 17.5 Å². The van der Waals surface area contributed by atoms with Crippen LogP contribution in [0, 0.1) is 5.82 Å². The van der Waals surface area contributed by atoms with E-state index in [4.69, 9.17) is 0 Å². The molecule has 7 heteroatoms. The van der Waals surface area contributed by atoms with E-state index < -0.39 is 11.1 Å². The minimum atomic E-state index is -0.602. The minimum absolute atomic E-state index is 0.00116. The number of hydrogen-bond donors (Lipinski definition) is 1. The molecule has 0 bridgehead atoms. The molecule has 1 amide bonds. The van der Waals surface area contributed by atoms with Crippen LogP contribution >= 0.6 is 11.8 Å². The summed E-state index contributed by atoms with van der Waals surface area (Å²) < 4.78 is 13.1. The van der Waals surface area contributed by atoms with Crippen LogP contribution in [0.3, 0.4) is 0 Å². The van der Waals surface area contributed by atoms with E-state index in [1.165, 1.54) is 36.0 Å². The van der Waals surface area contributed by atoms with Crippen molar-refractivity contribution in [3.8, 4) is 0 Å². The molecule has 0 saturated carbocycles. The average molecular weight is 456 g/mol. The number of carbonyl (C=O) groups is 2. The van der Waals surface area contributed by atoms with Crippen molar-refractivity contribution in [2.45, 2.75) is 11.7 Å². The number of amidine groups is 1. The zero-order valence-electron chi connectivity index (χ0n) is 17.4. The van der Waals surface area contributed by atoms with Crippen molar-refractivity contribution >= 4 is 56.4 Å². The van der Waals surface area contributed by atoms with Crippen LogP contribution in [-0.4, -0.2) is 28.3 Å². The Morgan fingerprint density at radius 1 is 0.970 bits per heavy atom. The molecule has 4 aromatic carbocycles. The highest BCUT2D eigenvalue weighted by Crippen LogP contribution is 2.28. The molecule has 0 radical (unpaired) electrons. The Balaban J connectivity index is 1.36. The highest BCUT2D eigenvalue weighted by Gasteiger charge is 2.32. The van der Waals surface area contributed by atoms with E-state index in [0.717, 1.165) is 27.1 Å². The zero-order chi connectivity index (χ0) is 22.8. The second-order valence-electron chi connectivity index (χ2n) is 7.61. The molecule has 0 spiro atoms. The van der Waals surface area contributed by atoms with Crippen molar-refractivity contribution < 1.29 is 14.0 Å². The molecule has 33 heavy (non-hydrogen) atoms. The fourth-order valence-electron chi connectivity index (χ4n) is 3.84. The highest BCUT2D eigenvalue weighted by atomic mass is 32.2. The Hall–Kier alpha value is -3.84. The fourth-order valence-corrected chi connectivity index (χ4v) is 4.76. The zero-order valence-corrected chi connectivity index (χ0v) is 18.2. The average Bonchev–Trinajstić information content (AvgIpc) is 3.17. The summed E-state index contributed by atoms with van der Waals surface area (Å²) in [5.74, 6) is -0.930. The molecular formula is C26H18FN3O2S. The predicted molar refractivity (Wildman–Crippen MR) is 131 cm³/mol. The number of hydrogen-bond acceptors (Lipinski definition) is 5. The molecule has 1 unspecified atom stereocenters. The summed E-state index contributed by atoms with van der Waals surface area (Å²) in [6.07, 6.45) is 1.69. The van der Waals surface area contributed by atoms with Crippen molar-refractivity contribution in [1.29, 1.82) is 0 Å². The van der Waals surface area contributed by atoms with Crippen molar-refractivity contribution in [2.24, 2.45) is 10.2 Å². The van der Waals surface area contributed by atoms with E-state index in [9.17, 15) is 14.0 Å². The molecular weight excluding hydrogens is 437 g/mol. The molecule has 1 saturated heterocycles. The largest absolute Gasteiger partial charge is 0.303 e. The normalized spacial score (nSPS) is 17.3. The minimum Gasteiger partial charge on any atom is -0.303 e. The van der Waals surface area contributed by atoms with E-state index in [2.05, 4.69) is 33.7 Å². The van der Waals surface area contributed by atoms with Crippen molar-refractivity contribution in [3.63, 3.8) is 0 Å². The first kappa shape index (κ1) is 21.0. The second kappa shape index (κ2) is 8.96. The smallest absolute Gasteiger partial charge is 0.240 e. The lowest BCUT2D eigenvalue weighted by Gasteiger charge is -2.07. The molecule has 0 aliphatic carbocycles. The molecule has 1 aliphatic heterocycles. The summed E-state index contributed by atoms with van der Waals surface area (Å²) in [5, 5.41) is 15.2. The Bertz CT molecular complexity index is 1390. The number of carbonyl (C=O) groups excluding carboxylic acids is 2. The number of ketones is 1. The summed E-state index contributed by atoms with van der Waals surface area (Å²) in [4.78, 5) is 24.7. The Morgan fingerprint density at radius 3 is 2.27 bits per heavy atom. The number of benzene rings is 4. The highest BCUT2D eigenvalue weighted by molar-refractivity contribution is 8.15. The van der Waals surface area contributed by atoms with Crippen LogP contribution in [0.1, 0.15) is 22.3 Å². The van der Waals surface area contributed by atoms with Gasteiger partial charge in [-0.2, -0.15) is 5.10 Å². The number of thioether (sulfide) groups is 1. The maximum absolute atomic E-state index is 13.1. The van der Waals surface area contributed by atoms with Crippen molar-refractivity contribution in [1.82, 2.24) is 5.32 Å². The van der Waals surface area contributed by atoms with E-state index in [1.54, 1.807) is 6.21 Å². The lowest BCUT2D eigenvalue weighted by atomic mass is 9.97. The Labute approximate surface area is 193 Å². The Kier molecular flexibility index (Phi) is 5.71. The SMILES string of the molecule is O=C(CC1S/C(=N/N=C/c2c3ccccc3cc3ccccc23)NC1=O)c1ccc(F)cc1. The fraction of sp³-hybridized carbons (Fsp3) is 0.0769. The molecule has 1 atom stereocenters. The molecule has 4 aromatic rings. The topological polar surface area (TPSA) is 70.9 Å². The van der Waals surface area contributed by atoms with E-state index >= 15 is 0 Å². The summed E-state index contributed by atoms with van der Waals surface area (Å²) in [6.45, 7) is 0. The second-order valence-corrected chi connectivity index (χ2v) is 8.80. The third-order valence-electron chi connectivity index (χ3n) is 5.46. The van der Waals surface area contributed by atoms with E-state index in [-0.39, 0.29) is 18.1 Å².